The monoisotopic (exact) mass is 212 g/mol. The van der Waals surface area contributed by atoms with E-state index >= 15 is 0 Å². The first-order valence-corrected chi connectivity index (χ1v) is 3.92. The highest BCUT2D eigenvalue weighted by Gasteiger charge is 1.94. The molecule has 11 heavy (non-hydrogen) atoms. The minimum absolute atomic E-state index is 0.0245. The minimum atomic E-state index is 0.0245. The summed E-state index contributed by atoms with van der Waals surface area (Å²) in [7, 11) is 0. The van der Waals surface area contributed by atoms with E-state index in [4.69, 9.17) is 0 Å². The number of aromatic amines is 1. The molecule has 0 saturated carbocycles. The maximum Gasteiger partial charge on any atom is 0.182 e. The molecule has 0 aliphatic rings. The van der Waals surface area contributed by atoms with E-state index in [1.54, 1.807) is 16.8 Å². The molecule has 0 aliphatic heterocycles. The summed E-state index contributed by atoms with van der Waals surface area (Å²) in [5, 5.41) is 2.98. The third-order valence-electron chi connectivity index (χ3n) is 1.46. The molecule has 2 heterocycles. The fourth-order valence-corrected chi connectivity index (χ4v) is 1.41. The van der Waals surface area contributed by atoms with Crippen molar-refractivity contribution in [3.63, 3.8) is 0 Å². The van der Waals surface area contributed by atoms with E-state index in [2.05, 4.69) is 21.0 Å². The van der Waals surface area contributed by atoms with E-state index in [-0.39, 0.29) is 5.43 Å². The van der Waals surface area contributed by atoms with Gasteiger partial charge in [-0.3, -0.25) is 14.4 Å². The van der Waals surface area contributed by atoms with E-state index < -0.39 is 0 Å². The zero-order chi connectivity index (χ0) is 7.84. The molecular formula is C7H5BrN2O. The van der Waals surface area contributed by atoms with Crippen LogP contribution < -0.4 is 5.43 Å². The molecule has 56 valence electrons. The van der Waals surface area contributed by atoms with Crippen LogP contribution in [0.5, 0.6) is 0 Å². The molecule has 2 rings (SSSR count). The van der Waals surface area contributed by atoms with Crippen molar-refractivity contribution in [2.24, 2.45) is 0 Å². The van der Waals surface area contributed by atoms with Crippen LogP contribution in [0.2, 0.25) is 0 Å². The van der Waals surface area contributed by atoms with Crippen LogP contribution in [-0.2, 0) is 0 Å². The van der Waals surface area contributed by atoms with E-state index in [1.807, 2.05) is 6.07 Å². The number of hydrogen-bond donors (Lipinski definition) is 1. The molecule has 0 bridgehead atoms. The smallest absolute Gasteiger partial charge is 0.182 e. The van der Waals surface area contributed by atoms with E-state index in [0.717, 1.165) is 10.1 Å². The predicted octanol–water partition coefficient (Wildman–Crippen LogP) is 1.39. The summed E-state index contributed by atoms with van der Waals surface area (Å²) >= 11 is 3.27. The van der Waals surface area contributed by atoms with E-state index in [9.17, 15) is 4.79 Å². The molecule has 0 radical (unpaired) electrons. The number of fused-ring (bicyclic) bond motifs is 1. The lowest BCUT2D eigenvalue weighted by molar-refractivity contribution is 0.944. The van der Waals surface area contributed by atoms with E-state index in [1.165, 1.54) is 6.07 Å². The molecule has 3 nitrogen and oxygen atoms in total. The van der Waals surface area contributed by atoms with Gasteiger partial charge in [-0.05, 0) is 22.0 Å². The second kappa shape index (κ2) is 2.23. The van der Waals surface area contributed by atoms with Crippen LogP contribution in [0.4, 0.5) is 0 Å². The number of hydrogen-bond acceptors (Lipinski definition) is 1. The quantitative estimate of drug-likeness (QED) is 0.705. The lowest BCUT2D eigenvalue weighted by atomic mass is 10.4. The molecule has 0 saturated heterocycles. The summed E-state index contributed by atoms with van der Waals surface area (Å²) in [4.78, 5) is 10.9. The van der Waals surface area contributed by atoms with Gasteiger partial charge in [0.05, 0.1) is 10.1 Å². The van der Waals surface area contributed by atoms with Gasteiger partial charge in [-0.15, -0.1) is 0 Å². The Labute approximate surface area is 70.8 Å². The topological polar surface area (TPSA) is 37.3 Å². The lowest BCUT2D eigenvalue weighted by Crippen LogP contribution is -1.98. The molecule has 1 N–H and O–H groups in total. The summed E-state index contributed by atoms with van der Waals surface area (Å²) in [6.07, 6.45) is 1.70. The molecule has 4 heteroatoms. The highest BCUT2D eigenvalue weighted by molar-refractivity contribution is 9.10. The van der Waals surface area contributed by atoms with Crippen molar-refractivity contribution >= 4 is 21.4 Å². The van der Waals surface area contributed by atoms with Crippen LogP contribution in [0.15, 0.2) is 33.8 Å². The zero-order valence-corrected chi connectivity index (χ0v) is 7.13. The molecule has 0 unspecified atom stereocenters. The van der Waals surface area contributed by atoms with Gasteiger partial charge in [0.1, 0.15) is 0 Å². The summed E-state index contributed by atoms with van der Waals surface area (Å²) in [6, 6.07) is 4.93. The number of H-pyrrole nitrogens is 1. The Morgan fingerprint density at radius 1 is 1.45 bits per heavy atom. The van der Waals surface area contributed by atoms with Gasteiger partial charge in [-0.2, -0.15) is 0 Å². The SMILES string of the molecule is O=c1ccn2[nH]c(Br)cc2c1. The van der Waals surface area contributed by atoms with Crippen LogP contribution in [0.1, 0.15) is 0 Å². The van der Waals surface area contributed by atoms with Crippen molar-refractivity contribution in [3.8, 4) is 0 Å². The third kappa shape index (κ3) is 1.09. The molecule has 0 aromatic carbocycles. The van der Waals surface area contributed by atoms with Crippen LogP contribution in [0.3, 0.4) is 0 Å². The van der Waals surface area contributed by atoms with Gasteiger partial charge in [0.25, 0.3) is 0 Å². The molecular weight excluding hydrogens is 208 g/mol. The van der Waals surface area contributed by atoms with Crippen LogP contribution in [-0.4, -0.2) is 9.61 Å². The standard InChI is InChI=1S/C7H5BrN2O/c8-7-4-5-3-6(11)1-2-10(5)9-7/h1-4,9H. The number of pyridine rings is 1. The summed E-state index contributed by atoms with van der Waals surface area (Å²) < 4.78 is 2.63. The largest absolute Gasteiger partial charge is 0.290 e. The average Bonchev–Trinajstić information content (AvgIpc) is 2.27. The van der Waals surface area contributed by atoms with Crippen molar-refractivity contribution in [1.82, 2.24) is 9.61 Å². The first-order chi connectivity index (χ1) is 5.25. The minimum Gasteiger partial charge on any atom is -0.290 e. The highest BCUT2D eigenvalue weighted by atomic mass is 79.9. The maximum absolute atomic E-state index is 10.9. The number of nitrogens with one attached hydrogen (secondary N) is 1. The van der Waals surface area contributed by atoms with Crippen molar-refractivity contribution in [1.29, 1.82) is 0 Å². The molecule has 0 spiro atoms. The van der Waals surface area contributed by atoms with Crippen LogP contribution in [0.25, 0.3) is 5.52 Å². The van der Waals surface area contributed by atoms with E-state index in [0.29, 0.717) is 0 Å². The fraction of sp³-hybridized carbons (Fsp3) is 0. The number of halogens is 1. The molecule has 0 atom stereocenters. The lowest BCUT2D eigenvalue weighted by Gasteiger charge is -1.88. The molecule has 0 aliphatic carbocycles. The van der Waals surface area contributed by atoms with Crippen molar-refractivity contribution in [2.45, 2.75) is 0 Å². The zero-order valence-electron chi connectivity index (χ0n) is 5.54. The Morgan fingerprint density at radius 2 is 2.27 bits per heavy atom. The van der Waals surface area contributed by atoms with Crippen LogP contribution in [0, 0.1) is 0 Å². The molecule has 2 aromatic rings. The first-order valence-electron chi connectivity index (χ1n) is 3.13. The van der Waals surface area contributed by atoms with Gasteiger partial charge in [0, 0.05) is 18.3 Å². The van der Waals surface area contributed by atoms with Gasteiger partial charge in [0.15, 0.2) is 5.43 Å². The number of rotatable bonds is 0. The Bertz CT molecular complexity index is 443. The Morgan fingerprint density at radius 3 is 3.09 bits per heavy atom. The second-order valence-electron chi connectivity index (χ2n) is 2.26. The average molecular weight is 213 g/mol. The summed E-state index contributed by atoms with van der Waals surface area (Å²) in [5.74, 6) is 0. The van der Waals surface area contributed by atoms with Gasteiger partial charge >= 0.3 is 0 Å². The van der Waals surface area contributed by atoms with Crippen molar-refractivity contribution < 1.29 is 0 Å². The molecule has 0 amide bonds. The maximum atomic E-state index is 10.9. The van der Waals surface area contributed by atoms with Crippen LogP contribution >= 0.6 is 15.9 Å². The third-order valence-corrected chi connectivity index (χ3v) is 1.86. The summed E-state index contributed by atoms with van der Waals surface area (Å²) in [6.45, 7) is 0. The van der Waals surface area contributed by atoms with Gasteiger partial charge in [0.2, 0.25) is 0 Å². The second-order valence-corrected chi connectivity index (χ2v) is 3.12. The van der Waals surface area contributed by atoms with Crippen molar-refractivity contribution in [2.75, 3.05) is 0 Å². The summed E-state index contributed by atoms with van der Waals surface area (Å²) in [5.41, 5.74) is 0.890. The molecule has 2 aromatic heterocycles. The first kappa shape index (κ1) is 6.67. The predicted molar refractivity (Wildman–Crippen MR) is 45.7 cm³/mol. The highest BCUT2D eigenvalue weighted by Crippen LogP contribution is 2.08. The van der Waals surface area contributed by atoms with Gasteiger partial charge < -0.3 is 0 Å². The normalized spacial score (nSPS) is 10.6. The van der Waals surface area contributed by atoms with Crippen molar-refractivity contribution in [3.05, 3.63) is 39.2 Å². The Hall–Kier alpha value is -1.03. The van der Waals surface area contributed by atoms with Gasteiger partial charge in [-0.25, -0.2) is 0 Å². The number of aromatic nitrogens is 2. The van der Waals surface area contributed by atoms with Gasteiger partial charge in [-0.1, -0.05) is 0 Å². The molecule has 0 fully saturated rings. The number of nitrogens with zero attached hydrogens (tertiary/aromatic N) is 1. The Balaban J connectivity index is 2.92. The Kier molecular flexibility index (Phi) is 1.35. The fourth-order valence-electron chi connectivity index (χ4n) is 0.988.